The van der Waals surface area contributed by atoms with Gasteiger partial charge in [0.25, 0.3) is 0 Å². The number of aliphatic hydroxyl groups excluding tert-OH is 1. The van der Waals surface area contributed by atoms with Gasteiger partial charge in [-0.2, -0.15) is 0 Å². The molecule has 0 radical (unpaired) electrons. The maximum atomic E-state index is 11.4. The molecule has 18 heavy (non-hydrogen) atoms. The van der Waals surface area contributed by atoms with E-state index < -0.39 is 24.5 Å². The second-order valence-electron chi connectivity index (χ2n) is 3.44. The maximum absolute atomic E-state index is 11.4. The second kappa shape index (κ2) is 6.78. The van der Waals surface area contributed by atoms with E-state index in [0.29, 0.717) is 10.6 Å². The second-order valence-corrected chi connectivity index (χ2v) is 3.84. The van der Waals surface area contributed by atoms with Crippen LogP contribution in [0.15, 0.2) is 30.3 Å². The standard InChI is InChI=1S/C12H12ClNO4/c13-9-4-2-1-3-8(9)5-6-11(16)14-10(7-15)12(17)18/h1-6,10,15H,7H2,(H,14,16)(H,17,18)/b6-5+/t10-/m1/s1. The summed E-state index contributed by atoms with van der Waals surface area (Å²) in [6, 6.07) is 5.59. The number of carboxylic acid groups (broad SMARTS) is 1. The third-order valence-corrected chi connectivity index (χ3v) is 2.46. The van der Waals surface area contributed by atoms with Crippen LogP contribution < -0.4 is 5.32 Å². The van der Waals surface area contributed by atoms with Gasteiger partial charge in [0.2, 0.25) is 5.91 Å². The van der Waals surface area contributed by atoms with E-state index in [1.54, 1.807) is 24.3 Å². The first-order valence-corrected chi connectivity index (χ1v) is 5.49. The average Bonchev–Trinajstić information content (AvgIpc) is 2.34. The van der Waals surface area contributed by atoms with Crippen LogP contribution in [0.4, 0.5) is 0 Å². The number of nitrogens with one attached hydrogen (secondary N) is 1. The quantitative estimate of drug-likeness (QED) is 0.694. The van der Waals surface area contributed by atoms with E-state index in [0.717, 1.165) is 6.08 Å². The van der Waals surface area contributed by atoms with E-state index in [-0.39, 0.29) is 0 Å². The molecule has 0 aliphatic carbocycles. The number of benzene rings is 1. The van der Waals surface area contributed by atoms with Crippen LogP contribution in [0.25, 0.3) is 6.08 Å². The molecule has 3 N–H and O–H groups in total. The van der Waals surface area contributed by atoms with Crippen LogP contribution >= 0.6 is 11.6 Å². The third-order valence-electron chi connectivity index (χ3n) is 2.12. The molecule has 1 amide bonds. The molecule has 0 saturated carbocycles. The molecular formula is C12H12ClNO4. The number of aliphatic carboxylic acids is 1. The fourth-order valence-electron chi connectivity index (χ4n) is 1.18. The average molecular weight is 270 g/mol. The number of carboxylic acids is 1. The molecule has 0 bridgehead atoms. The highest BCUT2D eigenvalue weighted by Crippen LogP contribution is 2.15. The first kappa shape index (κ1) is 14.2. The predicted octanol–water partition coefficient (Wildman–Crippen LogP) is 0.915. The molecule has 0 unspecified atom stereocenters. The normalized spacial score (nSPS) is 12.3. The van der Waals surface area contributed by atoms with E-state index in [9.17, 15) is 9.59 Å². The van der Waals surface area contributed by atoms with E-state index >= 15 is 0 Å². The molecule has 1 atom stereocenters. The molecular weight excluding hydrogens is 258 g/mol. The summed E-state index contributed by atoms with van der Waals surface area (Å²) >= 11 is 5.87. The molecule has 0 aromatic heterocycles. The number of amides is 1. The van der Waals surface area contributed by atoms with Gasteiger partial charge in [0.1, 0.15) is 0 Å². The lowest BCUT2D eigenvalue weighted by Gasteiger charge is -2.09. The van der Waals surface area contributed by atoms with Gasteiger partial charge in [0.15, 0.2) is 6.04 Å². The minimum absolute atomic E-state index is 0.485. The Morgan fingerprint density at radius 2 is 2.06 bits per heavy atom. The molecule has 0 aliphatic rings. The van der Waals surface area contributed by atoms with E-state index in [4.69, 9.17) is 21.8 Å². The lowest BCUT2D eigenvalue weighted by Crippen LogP contribution is -2.42. The monoisotopic (exact) mass is 269 g/mol. The van der Waals surface area contributed by atoms with Crippen molar-refractivity contribution in [2.45, 2.75) is 6.04 Å². The highest BCUT2D eigenvalue weighted by Gasteiger charge is 2.16. The molecule has 1 rings (SSSR count). The predicted molar refractivity (Wildman–Crippen MR) is 67.1 cm³/mol. The Morgan fingerprint density at radius 1 is 1.39 bits per heavy atom. The van der Waals surface area contributed by atoms with Crippen molar-refractivity contribution in [2.75, 3.05) is 6.61 Å². The summed E-state index contributed by atoms with van der Waals surface area (Å²) in [5.41, 5.74) is 0.644. The first-order chi connectivity index (χ1) is 8.54. The van der Waals surface area contributed by atoms with Crippen molar-refractivity contribution in [3.8, 4) is 0 Å². The molecule has 5 nitrogen and oxygen atoms in total. The van der Waals surface area contributed by atoms with Gasteiger partial charge in [-0.25, -0.2) is 4.79 Å². The van der Waals surface area contributed by atoms with Crippen LogP contribution in [0, 0.1) is 0 Å². The zero-order chi connectivity index (χ0) is 13.5. The Balaban J connectivity index is 2.65. The van der Waals surface area contributed by atoms with Crippen molar-refractivity contribution in [1.82, 2.24) is 5.32 Å². The molecule has 0 heterocycles. The minimum Gasteiger partial charge on any atom is -0.480 e. The van der Waals surface area contributed by atoms with Gasteiger partial charge in [-0.05, 0) is 17.7 Å². The molecule has 0 fully saturated rings. The summed E-state index contributed by atoms with van der Waals surface area (Å²) in [4.78, 5) is 22.0. The molecule has 0 spiro atoms. The molecule has 0 saturated heterocycles. The van der Waals surface area contributed by atoms with Gasteiger partial charge in [0.05, 0.1) is 6.61 Å². The van der Waals surface area contributed by atoms with Crippen molar-refractivity contribution in [3.05, 3.63) is 40.9 Å². The summed E-state index contributed by atoms with van der Waals surface area (Å²) in [6.07, 6.45) is 2.63. The van der Waals surface area contributed by atoms with Gasteiger partial charge >= 0.3 is 5.97 Å². The van der Waals surface area contributed by atoms with Crippen LogP contribution in [-0.4, -0.2) is 34.7 Å². The molecule has 1 aromatic carbocycles. The third kappa shape index (κ3) is 4.20. The Labute approximate surface area is 109 Å². The van der Waals surface area contributed by atoms with E-state index in [1.807, 2.05) is 0 Å². The highest BCUT2D eigenvalue weighted by molar-refractivity contribution is 6.32. The number of hydrogen-bond acceptors (Lipinski definition) is 3. The van der Waals surface area contributed by atoms with Gasteiger partial charge in [0, 0.05) is 11.1 Å². The molecule has 6 heteroatoms. The number of aliphatic hydroxyl groups is 1. The summed E-state index contributed by atoms with van der Waals surface area (Å²) in [5.74, 6) is -1.91. The van der Waals surface area contributed by atoms with Crippen molar-refractivity contribution in [1.29, 1.82) is 0 Å². The van der Waals surface area contributed by atoms with Crippen molar-refractivity contribution in [2.24, 2.45) is 0 Å². The lowest BCUT2D eigenvalue weighted by atomic mass is 10.2. The Bertz CT molecular complexity index is 473. The van der Waals surface area contributed by atoms with Crippen molar-refractivity contribution in [3.63, 3.8) is 0 Å². The zero-order valence-electron chi connectivity index (χ0n) is 9.34. The first-order valence-electron chi connectivity index (χ1n) is 5.11. The summed E-state index contributed by atoms with van der Waals surface area (Å²) < 4.78 is 0. The van der Waals surface area contributed by atoms with Gasteiger partial charge in [-0.1, -0.05) is 29.8 Å². The smallest absolute Gasteiger partial charge is 0.328 e. The van der Waals surface area contributed by atoms with Gasteiger partial charge in [-0.15, -0.1) is 0 Å². The van der Waals surface area contributed by atoms with Crippen molar-refractivity contribution >= 4 is 29.6 Å². The summed E-state index contributed by atoms with van der Waals surface area (Å²) in [7, 11) is 0. The summed E-state index contributed by atoms with van der Waals surface area (Å²) in [5, 5.41) is 20.0. The lowest BCUT2D eigenvalue weighted by molar-refractivity contribution is -0.142. The van der Waals surface area contributed by atoms with Crippen LogP contribution in [0.5, 0.6) is 0 Å². The fraction of sp³-hybridized carbons (Fsp3) is 0.167. The zero-order valence-corrected chi connectivity index (χ0v) is 10.1. The Kier molecular flexibility index (Phi) is 5.35. The largest absolute Gasteiger partial charge is 0.480 e. The number of rotatable bonds is 5. The molecule has 96 valence electrons. The van der Waals surface area contributed by atoms with Gasteiger partial charge < -0.3 is 15.5 Å². The maximum Gasteiger partial charge on any atom is 0.328 e. The van der Waals surface area contributed by atoms with Crippen LogP contribution in [0.3, 0.4) is 0 Å². The minimum atomic E-state index is -1.31. The van der Waals surface area contributed by atoms with Gasteiger partial charge in [-0.3, -0.25) is 4.79 Å². The number of carbonyl (C=O) groups excluding carboxylic acids is 1. The Morgan fingerprint density at radius 3 is 2.61 bits per heavy atom. The SMILES string of the molecule is O=C(/C=C/c1ccccc1Cl)N[C@H](CO)C(=O)O. The topological polar surface area (TPSA) is 86.6 Å². The molecule has 0 aliphatic heterocycles. The Hall–Kier alpha value is -1.85. The van der Waals surface area contributed by atoms with Crippen LogP contribution in [0.2, 0.25) is 5.02 Å². The number of carbonyl (C=O) groups is 2. The number of hydrogen-bond donors (Lipinski definition) is 3. The van der Waals surface area contributed by atoms with E-state index in [1.165, 1.54) is 6.08 Å². The van der Waals surface area contributed by atoms with Crippen LogP contribution in [-0.2, 0) is 9.59 Å². The van der Waals surface area contributed by atoms with Crippen LogP contribution in [0.1, 0.15) is 5.56 Å². The fourth-order valence-corrected chi connectivity index (χ4v) is 1.38. The van der Waals surface area contributed by atoms with Crippen molar-refractivity contribution < 1.29 is 19.8 Å². The van der Waals surface area contributed by atoms with E-state index in [2.05, 4.69) is 5.32 Å². The number of halogens is 1. The molecule has 1 aromatic rings. The summed E-state index contributed by atoms with van der Waals surface area (Å²) in [6.45, 7) is -0.666. The highest BCUT2D eigenvalue weighted by atomic mass is 35.5.